The van der Waals surface area contributed by atoms with E-state index in [1.165, 1.54) is 5.56 Å². The van der Waals surface area contributed by atoms with Crippen LogP contribution in [0.15, 0.2) is 34.9 Å². The van der Waals surface area contributed by atoms with Crippen molar-refractivity contribution in [2.75, 3.05) is 5.88 Å². The molecule has 3 rings (SSSR count). The number of aromatic nitrogens is 3. The molecule has 0 saturated carbocycles. The Hall–Kier alpha value is -1.39. The number of alkyl halides is 1. The molecule has 21 heavy (non-hydrogen) atoms. The van der Waals surface area contributed by atoms with Crippen molar-refractivity contribution < 1.29 is 0 Å². The Morgan fingerprint density at radius 1 is 1.29 bits per heavy atom. The lowest BCUT2D eigenvalue weighted by Crippen LogP contribution is -2.04. The summed E-state index contributed by atoms with van der Waals surface area (Å²) < 4.78 is 3.15. The molecule has 3 nitrogen and oxygen atoms in total. The van der Waals surface area contributed by atoms with Gasteiger partial charge in [-0.25, -0.2) is 9.97 Å². The highest BCUT2D eigenvalue weighted by Crippen LogP contribution is 2.29. The zero-order valence-electron chi connectivity index (χ0n) is 11.9. The van der Waals surface area contributed by atoms with Gasteiger partial charge in [0.1, 0.15) is 11.3 Å². The average molecular weight is 365 g/mol. The summed E-state index contributed by atoms with van der Waals surface area (Å²) in [5.41, 5.74) is 5.11. The lowest BCUT2D eigenvalue weighted by molar-refractivity contribution is 0.901. The number of hydrogen-bond donors (Lipinski definition) is 0. The van der Waals surface area contributed by atoms with Gasteiger partial charge in [0.15, 0.2) is 5.65 Å². The third kappa shape index (κ3) is 2.58. The van der Waals surface area contributed by atoms with Crippen LogP contribution >= 0.6 is 27.5 Å². The number of aryl methyl sites for hydroxylation is 3. The van der Waals surface area contributed by atoms with E-state index in [9.17, 15) is 0 Å². The van der Waals surface area contributed by atoms with E-state index in [0.717, 1.165) is 32.7 Å². The summed E-state index contributed by atoms with van der Waals surface area (Å²) in [5.74, 6) is 1.47. The van der Waals surface area contributed by atoms with Crippen molar-refractivity contribution in [1.29, 1.82) is 0 Å². The van der Waals surface area contributed by atoms with E-state index >= 15 is 0 Å². The minimum absolute atomic E-state index is 0.533. The molecule has 108 valence electrons. The molecular weight excluding hydrogens is 350 g/mol. The molecule has 2 heterocycles. The lowest BCUT2D eigenvalue weighted by atomic mass is 10.2. The van der Waals surface area contributed by atoms with Crippen LogP contribution in [0.4, 0.5) is 0 Å². The molecular formula is C16H15BrClN3. The number of fused-ring (bicyclic) bond motifs is 1. The zero-order chi connectivity index (χ0) is 15.0. The lowest BCUT2D eigenvalue weighted by Gasteiger charge is -2.11. The molecule has 5 heteroatoms. The van der Waals surface area contributed by atoms with Gasteiger partial charge in [0.25, 0.3) is 0 Å². The van der Waals surface area contributed by atoms with E-state index in [0.29, 0.717) is 12.3 Å². The number of pyridine rings is 1. The number of imidazole rings is 1. The Kier molecular flexibility index (Phi) is 4.00. The second-order valence-electron chi connectivity index (χ2n) is 5.07. The van der Waals surface area contributed by atoms with Crippen LogP contribution in [0.1, 0.15) is 17.0 Å². The standard InChI is InChI=1S/C16H15BrClN3/c1-10-8-12-16(19-9-10)21(14(20-12)6-7-18)13-5-3-4-11(2)15(13)17/h3-5,8-9H,6-7H2,1-2H3. The van der Waals surface area contributed by atoms with Gasteiger partial charge < -0.3 is 0 Å². The minimum atomic E-state index is 0.533. The van der Waals surface area contributed by atoms with Crippen LogP contribution in [0.5, 0.6) is 0 Å². The second kappa shape index (κ2) is 5.78. The molecule has 0 N–H and O–H groups in total. The molecule has 3 aromatic rings. The van der Waals surface area contributed by atoms with Crippen LogP contribution in [0, 0.1) is 13.8 Å². The normalized spacial score (nSPS) is 11.2. The second-order valence-corrected chi connectivity index (χ2v) is 6.24. The first-order valence-corrected chi connectivity index (χ1v) is 8.10. The SMILES string of the molecule is Cc1cnc2c(c1)nc(CCCl)n2-c1cccc(C)c1Br. The third-order valence-electron chi connectivity index (χ3n) is 3.43. The van der Waals surface area contributed by atoms with E-state index in [2.05, 4.69) is 50.6 Å². The Bertz CT molecular complexity index is 811. The summed E-state index contributed by atoms with van der Waals surface area (Å²) in [4.78, 5) is 9.27. The zero-order valence-corrected chi connectivity index (χ0v) is 14.2. The van der Waals surface area contributed by atoms with Gasteiger partial charge in [-0.2, -0.15) is 0 Å². The van der Waals surface area contributed by atoms with Crippen LogP contribution in [0.3, 0.4) is 0 Å². The number of nitrogens with zero attached hydrogens (tertiary/aromatic N) is 3. The van der Waals surface area contributed by atoms with Crippen molar-refractivity contribution in [3.63, 3.8) is 0 Å². The molecule has 1 aromatic carbocycles. The average Bonchev–Trinajstić information content (AvgIpc) is 2.79. The minimum Gasteiger partial charge on any atom is -0.280 e. The van der Waals surface area contributed by atoms with Crippen molar-refractivity contribution >= 4 is 38.7 Å². The smallest absolute Gasteiger partial charge is 0.164 e. The largest absolute Gasteiger partial charge is 0.280 e. The molecule has 0 bridgehead atoms. The van der Waals surface area contributed by atoms with E-state index in [4.69, 9.17) is 16.6 Å². The first-order chi connectivity index (χ1) is 10.1. The molecule has 0 radical (unpaired) electrons. The third-order valence-corrected chi connectivity index (χ3v) is 4.65. The van der Waals surface area contributed by atoms with Gasteiger partial charge in [0.2, 0.25) is 0 Å². The Morgan fingerprint density at radius 2 is 2.10 bits per heavy atom. The molecule has 0 aliphatic carbocycles. The molecule has 0 unspecified atom stereocenters. The highest BCUT2D eigenvalue weighted by atomic mass is 79.9. The maximum atomic E-state index is 5.94. The van der Waals surface area contributed by atoms with Gasteiger partial charge in [-0.3, -0.25) is 4.57 Å². The number of rotatable bonds is 3. The molecule has 0 amide bonds. The van der Waals surface area contributed by atoms with Gasteiger partial charge in [-0.1, -0.05) is 12.1 Å². The molecule has 0 atom stereocenters. The van der Waals surface area contributed by atoms with Crippen LogP contribution in [0.2, 0.25) is 0 Å². The molecule has 0 aliphatic rings. The Labute approximate surface area is 137 Å². The summed E-state index contributed by atoms with van der Waals surface area (Å²) in [6.07, 6.45) is 2.58. The van der Waals surface area contributed by atoms with Crippen LogP contribution in [-0.4, -0.2) is 20.4 Å². The van der Waals surface area contributed by atoms with Crippen molar-refractivity contribution in [2.45, 2.75) is 20.3 Å². The van der Waals surface area contributed by atoms with Gasteiger partial charge >= 0.3 is 0 Å². The summed E-state index contributed by atoms with van der Waals surface area (Å²) in [7, 11) is 0. The van der Waals surface area contributed by atoms with E-state index in [1.54, 1.807) is 0 Å². The first kappa shape index (κ1) is 14.5. The van der Waals surface area contributed by atoms with Crippen LogP contribution in [-0.2, 0) is 6.42 Å². The molecule has 0 aliphatic heterocycles. The van der Waals surface area contributed by atoms with E-state index in [-0.39, 0.29) is 0 Å². The summed E-state index contributed by atoms with van der Waals surface area (Å²) in [5, 5.41) is 0. The summed E-state index contributed by atoms with van der Waals surface area (Å²) in [6, 6.07) is 8.24. The van der Waals surface area contributed by atoms with Gasteiger partial charge in [-0.15, -0.1) is 11.6 Å². The van der Waals surface area contributed by atoms with E-state index in [1.807, 2.05) is 19.2 Å². The highest BCUT2D eigenvalue weighted by Gasteiger charge is 2.16. The maximum absolute atomic E-state index is 5.94. The quantitative estimate of drug-likeness (QED) is 0.637. The van der Waals surface area contributed by atoms with Crippen molar-refractivity contribution in [3.8, 4) is 5.69 Å². The summed E-state index contributed by atoms with van der Waals surface area (Å²) >= 11 is 9.62. The highest BCUT2D eigenvalue weighted by molar-refractivity contribution is 9.10. The van der Waals surface area contributed by atoms with Gasteiger partial charge in [0, 0.05) is 23.0 Å². The number of benzene rings is 1. The molecule has 0 fully saturated rings. The molecule has 0 saturated heterocycles. The molecule has 0 spiro atoms. The van der Waals surface area contributed by atoms with Crippen molar-refractivity contribution in [2.24, 2.45) is 0 Å². The molecule has 2 aromatic heterocycles. The number of hydrogen-bond acceptors (Lipinski definition) is 2. The first-order valence-electron chi connectivity index (χ1n) is 6.77. The van der Waals surface area contributed by atoms with Gasteiger partial charge in [0.05, 0.1) is 5.69 Å². The Balaban J connectivity index is 2.33. The fraction of sp³-hybridized carbons (Fsp3) is 0.250. The topological polar surface area (TPSA) is 30.7 Å². The van der Waals surface area contributed by atoms with Crippen LogP contribution < -0.4 is 0 Å². The van der Waals surface area contributed by atoms with Crippen molar-refractivity contribution in [1.82, 2.24) is 14.5 Å². The monoisotopic (exact) mass is 363 g/mol. The van der Waals surface area contributed by atoms with Crippen molar-refractivity contribution in [3.05, 3.63) is 51.9 Å². The summed E-state index contributed by atoms with van der Waals surface area (Å²) in [6.45, 7) is 4.10. The van der Waals surface area contributed by atoms with Crippen LogP contribution in [0.25, 0.3) is 16.9 Å². The fourth-order valence-corrected chi connectivity index (χ4v) is 3.03. The van der Waals surface area contributed by atoms with Gasteiger partial charge in [-0.05, 0) is 53.0 Å². The number of halogens is 2. The Morgan fingerprint density at radius 3 is 2.86 bits per heavy atom. The predicted octanol–water partition coefficient (Wildman–Crippen LogP) is 4.58. The van der Waals surface area contributed by atoms with E-state index < -0.39 is 0 Å². The predicted molar refractivity (Wildman–Crippen MR) is 90.5 cm³/mol. The maximum Gasteiger partial charge on any atom is 0.164 e. The fourth-order valence-electron chi connectivity index (χ4n) is 2.42.